The summed E-state index contributed by atoms with van der Waals surface area (Å²) in [5, 5.41) is 0. The summed E-state index contributed by atoms with van der Waals surface area (Å²) in [5.41, 5.74) is 0. The number of hydrogen-bond acceptors (Lipinski definition) is 6. The fraction of sp³-hybridized carbons (Fsp3) is 0.867. The van der Waals surface area contributed by atoms with Crippen LogP contribution in [0.3, 0.4) is 0 Å². The lowest BCUT2D eigenvalue weighted by Crippen LogP contribution is -2.38. The average Bonchev–Trinajstić information content (AvgIpc) is 2.50. The van der Waals surface area contributed by atoms with Crippen LogP contribution in [0.15, 0.2) is 0 Å². The lowest BCUT2D eigenvalue weighted by Gasteiger charge is -2.30. The van der Waals surface area contributed by atoms with E-state index in [1.807, 2.05) is 0 Å². The predicted octanol–water partition coefficient (Wildman–Crippen LogP) is 3.57. The van der Waals surface area contributed by atoms with Crippen molar-refractivity contribution < 1.29 is 28.5 Å². The van der Waals surface area contributed by atoms with E-state index in [4.69, 9.17) is 14.2 Å². The molecular formula is C15H24O6. The van der Waals surface area contributed by atoms with Gasteiger partial charge in [-0.25, -0.2) is 9.59 Å². The van der Waals surface area contributed by atoms with E-state index in [0.29, 0.717) is 12.8 Å². The molecule has 0 amide bonds. The second-order valence-corrected chi connectivity index (χ2v) is 5.68. The molecular weight excluding hydrogens is 276 g/mol. The van der Waals surface area contributed by atoms with Crippen LogP contribution in [0.4, 0.5) is 9.59 Å². The second-order valence-electron chi connectivity index (χ2n) is 5.68. The Morgan fingerprint density at radius 2 is 1.24 bits per heavy atom. The van der Waals surface area contributed by atoms with E-state index in [9.17, 15) is 9.59 Å². The van der Waals surface area contributed by atoms with E-state index in [2.05, 4.69) is 4.74 Å². The van der Waals surface area contributed by atoms with Gasteiger partial charge in [0.15, 0.2) is 0 Å². The third-order valence-electron chi connectivity index (χ3n) is 4.12. The zero-order valence-corrected chi connectivity index (χ0v) is 12.5. The molecule has 0 aromatic carbocycles. The number of ether oxygens (including phenoxy) is 4. The first-order chi connectivity index (χ1) is 10.2. The van der Waals surface area contributed by atoms with Crippen LogP contribution in [-0.4, -0.2) is 37.7 Å². The summed E-state index contributed by atoms with van der Waals surface area (Å²) in [7, 11) is 1.26. The van der Waals surface area contributed by atoms with Crippen LogP contribution in [0.25, 0.3) is 0 Å². The highest BCUT2D eigenvalue weighted by atomic mass is 16.8. The van der Waals surface area contributed by atoms with Crippen LogP contribution < -0.4 is 0 Å². The van der Waals surface area contributed by atoms with Gasteiger partial charge >= 0.3 is 12.3 Å². The first kappa shape index (κ1) is 15.9. The van der Waals surface area contributed by atoms with Crippen LogP contribution in [0.5, 0.6) is 0 Å². The monoisotopic (exact) mass is 300 g/mol. The van der Waals surface area contributed by atoms with Crippen LogP contribution in [-0.2, 0) is 18.9 Å². The van der Waals surface area contributed by atoms with Gasteiger partial charge in [0.05, 0.1) is 7.11 Å². The topological polar surface area (TPSA) is 71.1 Å². The second kappa shape index (κ2) is 8.10. The molecule has 6 heteroatoms. The summed E-state index contributed by atoms with van der Waals surface area (Å²) in [6.07, 6.45) is 6.15. The van der Waals surface area contributed by atoms with Crippen molar-refractivity contribution in [3.8, 4) is 0 Å². The van der Waals surface area contributed by atoms with Gasteiger partial charge in [-0.1, -0.05) is 6.42 Å². The molecule has 0 heterocycles. The Labute approximate surface area is 125 Å². The Hall–Kier alpha value is -1.46. The van der Waals surface area contributed by atoms with Crippen LogP contribution in [0.1, 0.15) is 57.8 Å². The van der Waals surface area contributed by atoms with Crippen molar-refractivity contribution in [1.29, 1.82) is 0 Å². The molecule has 0 bridgehead atoms. The standard InChI is InChI=1S/C15H24O6/c1-18-14(16)20-12-9-5-6-10-13(12)21-15(17)19-11-7-3-2-4-8-11/h11-13H,2-10H2,1H3. The molecule has 0 spiro atoms. The highest BCUT2D eigenvalue weighted by Gasteiger charge is 2.33. The molecule has 2 atom stereocenters. The van der Waals surface area contributed by atoms with Gasteiger partial charge in [-0.05, 0) is 51.4 Å². The van der Waals surface area contributed by atoms with E-state index >= 15 is 0 Å². The molecule has 0 aromatic heterocycles. The van der Waals surface area contributed by atoms with Crippen molar-refractivity contribution >= 4 is 12.3 Å². The first-order valence-electron chi connectivity index (χ1n) is 7.81. The van der Waals surface area contributed by atoms with Crippen molar-refractivity contribution in [2.75, 3.05) is 7.11 Å². The number of methoxy groups -OCH3 is 1. The van der Waals surface area contributed by atoms with E-state index in [0.717, 1.165) is 38.5 Å². The maximum absolute atomic E-state index is 11.9. The third kappa shape index (κ3) is 5.10. The van der Waals surface area contributed by atoms with Crippen molar-refractivity contribution in [3.05, 3.63) is 0 Å². The molecule has 120 valence electrons. The lowest BCUT2D eigenvalue weighted by atomic mass is 9.94. The zero-order valence-electron chi connectivity index (χ0n) is 12.5. The minimum Gasteiger partial charge on any atom is -0.438 e. The Morgan fingerprint density at radius 1 is 0.714 bits per heavy atom. The molecule has 2 rings (SSSR count). The largest absolute Gasteiger partial charge is 0.508 e. The van der Waals surface area contributed by atoms with Gasteiger partial charge in [0, 0.05) is 0 Å². The molecule has 6 nitrogen and oxygen atoms in total. The average molecular weight is 300 g/mol. The number of rotatable bonds is 3. The fourth-order valence-corrected chi connectivity index (χ4v) is 2.97. The SMILES string of the molecule is COC(=O)OC1CCCCC1OC(=O)OC1CCCCC1. The number of carbonyl (C=O) groups excluding carboxylic acids is 2. The van der Waals surface area contributed by atoms with Crippen LogP contribution in [0.2, 0.25) is 0 Å². The molecule has 21 heavy (non-hydrogen) atoms. The molecule has 0 saturated heterocycles. The molecule has 2 fully saturated rings. The predicted molar refractivity (Wildman–Crippen MR) is 74.0 cm³/mol. The van der Waals surface area contributed by atoms with Crippen LogP contribution in [0, 0.1) is 0 Å². The summed E-state index contributed by atoms with van der Waals surface area (Å²) in [6, 6.07) is 0. The Bertz CT molecular complexity index is 350. The Kier molecular flexibility index (Phi) is 6.14. The molecule has 2 unspecified atom stereocenters. The minimum atomic E-state index is -0.740. The van der Waals surface area contributed by atoms with Crippen molar-refractivity contribution in [1.82, 2.24) is 0 Å². The molecule has 2 aliphatic rings. The maximum Gasteiger partial charge on any atom is 0.508 e. The quantitative estimate of drug-likeness (QED) is 0.742. The normalized spacial score (nSPS) is 26.7. The Balaban J connectivity index is 1.80. The highest BCUT2D eigenvalue weighted by Crippen LogP contribution is 2.26. The minimum absolute atomic E-state index is 0.0326. The number of carbonyl (C=O) groups is 2. The molecule has 2 saturated carbocycles. The van der Waals surface area contributed by atoms with Gasteiger partial charge in [0.2, 0.25) is 0 Å². The van der Waals surface area contributed by atoms with Gasteiger partial charge in [0.25, 0.3) is 0 Å². The van der Waals surface area contributed by atoms with E-state index in [1.165, 1.54) is 13.5 Å². The van der Waals surface area contributed by atoms with Crippen molar-refractivity contribution in [3.63, 3.8) is 0 Å². The molecule has 0 radical (unpaired) electrons. The van der Waals surface area contributed by atoms with Crippen molar-refractivity contribution in [2.45, 2.75) is 76.1 Å². The first-order valence-corrected chi connectivity index (χ1v) is 7.81. The maximum atomic E-state index is 11.9. The van der Waals surface area contributed by atoms with Gasteiger partial charge in [-0.2, -0.15) is 0 Å². The summed E-state index contributed by atoms with van der Waals surface area (Å²) < 4.78 is 20.3. The smallest absolute Gasteiger partial charge is 0.438 e. The van der Waals surface area contributed by atoms with E-state index < -0.39 is 24.5 Å². The summed E-state index contributed by atoms with van der Waals surface area (Å²) in [5.74, 6) is 0. The van der Waals surface area contributed by atoms with Crippen LogP contribution >= 0.6 is 0 Å². The van der Waals surface area contributed by atoms with Gasteiger partial charge < -0.3 is 18.9 Å². The Morgan fingerprint density at radius 3 is 1.81 bits per heavy atom. The summed E-state index contributed by atoms with van der Waals surface area (Å²) in [4.78, 5) is 23.1. The zero-order chi connectivity index (χ0) is 15.1. The highest BCUT2D eigenvalue weighted by molar-refractivity contribution is 5.61. The van der Waals surface area contributed by atoms with Crippen molar-refractivity contribution in [2.24, 2.45) is 0 Å². The molecule has 0 aromatic rings. The lowest BCUT2D eigenvalue weighted by molar-refractivity contribution is -0.0771. The molecule has 2 aliphatic carbocycles. The summed E-state index contributed by atoms with van der Waals surface area (Å²) in [6.45, 7) is 0. The molecule has 0 N–H and O–H groups in total. The van der Waals surface area contributed by atoms with E-state index in [1.54, 1.807) is 0 Å². The number of hydrogen-bond donors (Lipinski definition) is 0. The van der Waals surface area contributed by atoms with Gasteiger partial charge in [0.1, 0.15) is 18.3 Å². The van der Waals surface area contributed by atoms with Gasteiger partial charge in [-0.15, -0.1) is 0 Å². The third-order valence-corrected chi connectivity index (χ3v) is 4.12. The fourth-order valence-electron chi connectivity index (χ4n) is 2.97. The van der Waals surface area contributed by atoms with E-state index in [-0.39, 0.29) is 6.10 Å². The van der Waals surface area contributed by atoms with Gasteiger partial charge in [-0.3, -0.25) is 0 Å². The molecule has 0 aliphatic heterocycles. The summed E-state index contributed by atoms with van der Waals surface area (Å²) >= 11 is 0.